The van der Waals surface area contributed by atoms with Gasteiger partial charge in [-0.05, 0) is 39.0 Å². The molecule has 134 valence electrons. The van der Waals surface area contributed by atoms with Gasteiger partial charge < -0.3 is 9.84 Å². The van der Waals surface area contributed by atoms with Crippen LogP contribution in [-0.4, -0.2) is 37.2 Å². The fourth-order valence-corrected chi connectivity index (χ4v) is 3.39. The molecule has 1 unspecified atom stereocenters. The van der Waals surface area contributed by atoms with Crippen molar-refractivity contribution in [2.45, 2.75) is 37.9 Å². The zero-order chi connectivity index (χ0) is 18.7. The first kappa shape index (κ1) is 19.0. The number of aliphatic hydroxyl groups is 1. The van der Waals surface area contributed by atoms with E-state index >= 15 is 0 Å². The van der Waals surface area contributed by atoms with Gasteiger partial charge >= 0.3 is 6.09 Å². The summed E-state index contributed by atoms with van der Waals surface area (Å²) in [6.45, 7) is 4.89. The second-order valence-corrected chi connectivity index (χ2v) is 8.63. The van der Waals surface area contributed by atoms with Crippen LogP contribution in [0.2, 0.25) is 0 Å². The number of aliphatic hydroxyl groups excluding tert-OH is 1. The Morgan fingerprint density at radius 1 is 1.28 bits per heavy atom. The summed E-state index contributed by atoms with van der Waals surface area (Å²) in [5, 5.41) is 9.24. The SMILES string of the molecule is CC(C)(C)OC(=O)N=S(C)(=O)c1ccccc1-c1nccc(CO)n1. The van der Waals surface area contributed by atoms with Gasteiger partial charge in [0.15, 0.2) is 5.82 Å². The second kappa shape index (κ2) is 7.28. The molecule has 1 N–H and O–H groups in total. The number of hydrogen-bond acceptors (Lipinski definition) is 6. The molecule has 0 saturated carbocycles. The van der Waals surface area contributed by atoms with Crippen molar-refractivity contribution in [2.75, 3.05) is 6.26 Å². The molecule has 0 aliphatic carbocycles. The number of nitrogens with zero attached hydrogens (tertiary/aromatic N) is 3. The van der Waals surface area contributed by atoms with E-state index in [4.69, 9.17) is 4.74 Å². The Morgan fingerprint density at radius 2 is 1.96 bits per heavy atom. The van der Waals surface area contributed by atoms with Gasteiger partial charge in [0.25, 0.3) is 0 Å². The first-order valence-electron chi connectivity index (χ1n) is 7.60. The van der Waals surface area contributed by atoms with E-state index in [0.29, 0.717) is 22.0 Å². The summed E-state index contributed by atoms with van der Waals surface area (Å²) in [4.78, 5) is 20.7. The van der Waals surface area contributed by atoms with Gasteiger partial charge in [0.05, 0.1) is 26.9 Å². The number of carbonyl (C=O) groups is 1. The van der Waals surface area contributed by atoms with Crippen molar-refractivity contribution >= 4 is 15.8 Å². The van der Waals surface area contributed by atoms with E-state index in [9.17, 15) is 14.1 Å². The fraction of sp³-hybridized carbons (Fsp3) is 0.353. The molecule has 0 saturated heterocycles. The number of ether oxygens (including phenoxy) is 1. The Balaban J connectivity index is 2.52. The fourth-order valence-electron chi connectivity index (χ4n) is 2.07. The van der Waals surface area contributed by atoms with Gasteiger partial charge in [0.1, 0.15) is 5.60 Å². The molecule has 2 rings (SSSR count). The molecule has 25 heavy (non-hydrogen) atoms. The summed E-state index contributed by atoms with van der Waals surface area (Å²) >= 11 is 0. The molecular weight excluding hydrogens is 342 g/mol. The van der Waals surface area contributed by atoms with E-state index in [1.807, 2.05) is 0 Å². The van der Waals surface area contributed by atoms with Crippen LogP contribution >= 0.6 is 0 Å². The van der Waals surface area contributed by atoms with Crippen LogP contribution in [0.4, 0.5) is 4.79 Å². The summed E-state index contributed by atoms with van der Waals surface area (Å²) in [6, 6.07) is 8.33. The van der Waals surface area contributed by atoms with Gasteiger partial charge in [-0.1, -0.05) is 12.1 Å². The van der Waals surface area contributed by atoms with E-state index in [0.717, 1.165) is 0 Å². The summed E-state index contributed by atoms with van der Waals surface area (Å²) < 4.78 is 21.9. The van der Waals surface area contributed by atoms with Crippen LogP contribution in [0.3, 0.4) is 0 Å². The molecule has 1 heterocycles. The summed E-state index contributed by atoms with van der Waals surface area (Å²) in [6.07, 6.45) is 1.98. The maximum atomic E-state index is 13.1. The summed E-state index contributed by atoms with van der Waals surface area (Å²) in [5.41, 5.74) is 0.192. The molecule has 0 radical (unpaired) electrons. The van der Waals surface area contributed by atoms with E-state index in [1.54, 1.807) is 51.1 Å². The minimum Gasteiger partial charge on any atom is -0.442 e. The van der Waals surface area contributed by atoms with Crippen LogP contribution in [0.5, 0.6) is 0 Å². The van der Waals surface area contributed by atoms with Crippen molar-refractivity contribution in [3.63, 3.8) is 0 Å². The molecule has 0 aliphatic rings. The number of amides is 1. The van der Waals surface area contributed by atoms with Gasteiger partial charge in [-0.2, -0.15) is 0 Å². The molecule has 2 aromatic rings. The quantitative estimate of drug-likeness (QED) is 0.899. The number of carbonyl (C=O) groups excluding carboxylic acids is 1. The van der Waals surface area contributed by atoms with Crippen LogP contribution in [-0.2, 0) is 21.1 Å². The van der Waals surface area contributed by atoms with Crippen molar-refractivity contribution in [3.8, 4) is 11.4 Å². The lowest BCUT2D eigenvalue weighted by molar-refractivity contribution is 0.0607. The highest BCUT2D eigenvalue weighted by Gasteiger charge is 2.20. The smallest absolute Gasteiger partial charge is 0.442 e. The molecule has 1 aromatic heterocycles. The Hall–Kier alpha value is -2.32. The lowest BCUT2D eigenvalue weighted by Crippen LogP contribution is -2.22. The second-order valence-electron chi connectivity index (χ2n) is 6.40. The minimum absolute atomic E-state index is 0.235. The zero-order valence-corrected chi connectivity index (χ0v) is 15.4. The van der Waals surface area contributed by atoms with Gasteiger partial charge in [-0.25, -0.2) is 19.0 Å². The molecule has 1 atom stereocenters. The Labute approximate surface area is 147 Å². The molecule has 7 nitrogen and oxygen atoms in total. The van der Waals surface area contributed by atoms with Crippen molar-refractivity contribution in [3.05, 3.63) is 42.2 Å². The maximum absolute atomic E-state index is 13.1. The summed E-state index contributed by atoms with van der Waals surface area (Å²) in [5.74, 6) is 0.302. The van der Waals surface area contributed by atoms with Crippen LogP contribution in [0, 0.1) is 0 Å². The molecule has 1 aromatic carbocycles. The number of hydrogen-bond donors (Lipinski definition) is 1. The largest absolute Gasteiger partial charge is 0.442 e. The molecule has 1 amide bonds. The average Bonchev–Trinajstić information content (AvgIpc) is 2.52. The standard InChI is InChI=1S/C17H21N3O4S/c1-17(2,3)24-16(22)20-25(4,23)14-8-6-5-7-13(14)15-18-10-9-12(11-21)19-15/h5-10,21H,11H2,1-4H3. The molecule has 0 aliphatic heterocycles. The topological polar surface area (TPSA) is 102 Å². The highest BCUT2D eigenvalue weighted by Crippen LogP contribution is 2.26. The van der Waals surface area contributed by atoms with Gasteiger partial charge in [0.2, 0.25) is 0 Å². The highest BCUT2D eigenvalue weighted by molar-refractivity contribution is 7.93. The molecule has 0 fully saturated rings. The normalized spacial score (nSPS) is 13.8. The Bertz CT molecular complexity index is 897. The minimum atomic E-state index is -3.07. The summed E-state index contributed by atoms with van der Waals surface area (Å²) in [7, 11) is -3.07. The monoisotopic (exact) mass is 363 g/mol. The van der Waals surface area contributed by atoms with Crippen molar-refractivity contribution < 1.29 is 18.8 Å². The molecule has 0 spiro atoms. The number of rotatable bonds is 3. The number of aromatic nitrogens is 2. The third kappa shape index (κ3) is 5.07. The van der Waals surface area contributed by atoms with Crippen LogP contribution in [0.15, 0.2) is 45.8 Å². The van der Waals surface area contributed by atoms with E-state index < -0.39 is 21.4 Å². The third-order valence-electron chi connectivity index (χ3n) is 3.05. The maximum Gasteiger partial charge on any atom is 0.442 e. The van der Waals surface area contributed by atoms with Crippen molar-refractivity contribution in [1.29, 1.82) is 0 Å². The average molecular weight is 363 g/mol. The lowest BCUT2D eigenvalue weighted by atomic mass is 10.2. The Morgan fingerprint density at radius 3 is 2.60 bits per heavy atom. The predicted octanol–water partition coefficient (Wildman–Crippen LogP) is 3.03. The molecule has 0 bridgehead atoms. The van der Waals surface area contributed by atoms with Crippen LogP contribution in [0.1, 0.15) is 26.5 Å². The van der Waals surface area contributed by atoms with Gasteiger partial charge in [0, 0.05) is 18.0 Å². The van der Waals surface area contributed by atoms with Crippen molar-refractivity contribution in [1.82, 2.24) is 9.97 Å². The first-order chi connectivity index (χ1) is 11.6. The lowest BCUT2D eigenvalue weighted by Gasteiger charge is -2.18. The molecular formula is C17H21N3O4S. The first-order valence-corrected chi connectivity index (χ1v) is 9.52. The van der Waals surface area contributed by atoms with Gasteiger partial charge in [-0.15, -0.1) is 4.36 Å². The van der Waals surface area contributed by atoms with Gasteiger partial charge in [-0.3, -0.25) is 0 Å². The predicted molar refractivity (Wildman–Crippen MR) is 94.4 cm³/mol. The van der Waals surface area contributed by atoms with Crippen LogP contribution < -0.4 is 0 Å². The van der Waals surface area contributed by atoms with E-state index in [-0.39, 0.29) is 6.61 Å². The number of benzene rings is 1. The van der Waals surface area contributed by atoms with Crippen molar-refractivity contribution in [2.24, 2.45) is 4.36 Å². The van der Waals surface area contributed by atoms with E-state index in [1.165, 1.54) is 12.5 Å². The zero-order valence-electron chi connectivity index (χ0n) is 14.6. The Kier molecular flexibility index (Phi) is 5.54. The molecule has 8 heteroatoms. The highest BCUT2D eigenvalue weighted by atomic mass is 32.2. The van der Waals surface area contributed by atoms with Crippen LogP contribution in [0.25, 0.3) is 11.4 Å². The van der Waals surface area contributed by atoms with E-state index in [2.05, 4.69) is 14.3 Å². The third-order valence-corrected chi connectivity index (χ3v) is 4.72.